The topological polar surface area (TPSA) is 50.2 Å². The molecule has 0 saturated heterocycles. The molecule has 58 valence electrons. The Bertz CT molecular complexity index is 294. The Morgan fingerprint density at radius 3 is 3.36 bits per heavy atom. The highest BCUT2D eigenvalue weighted by molar-refractivity contribution is 7.09. The lowest BCUT2D eigenvalue weighted by Crippen LogP contribution is -2.08. The van der Waals surface area contributed by atoms with Crippen molar-refractivity contribution in [1.29, 1.82) is 0 Å². The first-order valence-corrected chi connectivity index (χ1v) is 4.32. The van der Waals surface area contributed by atoms with Crippen molar-refractivity contribution in [1.82, 2.24) is 4.98 Å². The molecule has 0 aromatic carbocycles. The monoisotopic (exact) mass is 169 g/mol. The maximum absolute atomic E-state index is 10.6. The van der Waals surface area contributed by atoms with Crippen LogP contribution in [0.5, 0.6) is 0 Å². The van der Waals surface area contributed by atoms with Gasteiger partial charge in [0.2, 0.25) is 0 Å². The van der Waals surface area contributed by atoms with Gasteiger partial charge < -0.3 is 5.11 Å². The highest BCUT2D eigenvalue weighted by Crippen LogP contribution is 2.34. The Balaban J connectivity index is 2.38. The molecule has 1 aromatic heterocycles. The van der Waals surface area contributed by atoms with Gasteiger partial charge in [-0.2, -0.15) is 0 Å². The minimum absolute atomic E-state index is 0.337. The summed E-state index contributed by atoms with van der Waals surface area (Å²) in [5.74, 6) is -1.08. The summed E-state index contributed by atoms with van der Waals surface area (Å²) in [6, 6.07) is 0. The second kappa shape index (κ2) is 2.30. The minimum atomic E-state index is -0.741. The second-order valence-electron chi connectivity index (χ2n) is 2.59. The predicted molar refractivity (Wildman–Crippen MR) is 40.8 cm³/mol. The van der Waals surface area contributed by atoms with E-state index < -0.39 is 5.97 Å². The molecule has 0 saturated carbocycles. The van der Waals surface area contributed by atoms with E-state index >= 15 is 0 Å². The van der Waals surface area contributed by atoms with Gasteiger partial charge >= 0.3 is 5.97 Å². The van der Waals surface area contributed by atoms with Gasteiger partial charge in [0.1, 0.15) is 5.92 Å². The Hall–Kier alpha value is -0.900. The highest BCUT2D eigenvalue weighted by atomic mass is 32.1. The van der Waals surface area contributed by atoms with E-state index in [0.29, 0.717) is 0 Å². The highest BCUT2D eigenvalue weighted by Gasteiger charge is 2.30. The predicted octanol–water partition coefficient (Wildman–Crippen LogP) is 1.26. The van der Waals surface area contributed by atoms with Gasteiger partial charge in [0.15, 0.2) is 0 Å². The van der Waals surface area contributed by atoms with Crippen molar-refractivity contribution in [3.63, 3.8) is 0 Å². The van der Waals surface area contributed by atoms with Crippen LogP contribution < -0.4 is 0 Å². The molecule has 4 heteroatoms. The van der Waals surface area contributed by atoms with Gasteiger partial charge in [0.05, 0.1) is 11.2 Å². The zero-order chi connectivity index (χ0) is 7.84. The largest absolute Gasteiger partial charge is 0.481 e. The summed E-state index contributed by atoms with van der Waals surface area (Å²) < 4.78 is 0. The van der Waals surface area contributed by atoms with E-state index in [1.807, 2.05) is 0 Å². The van der Waals surface area contributed by atoms with E-state index in [1.165, 1.54) is 0 Å². The number of nitrogens with zero attached hydrogens (tertiary/aromatic N) is 1. The van der Waals surface area contributed by atoms with Gasteiger partial charge in [-0.15, -0.1) is 11.3 Å². The van der Waals surface area contributed by atoms with Gasteiger partial charge in [0.25, 0.3) is 0 Å². The van der Waals surface area contributed by atoms with Crippen LogP contribution in [0.2, 0.25) is 0 Å². The molecular weight excluding hydrogens is 162 g/mol. The number of hydrogen-bond donors (Lipinski definition) is 1. The van der Waals surface area contributed by atoms with Crippen LogP contribution >= 0.6 is 11.3 Å². The molecule has 0 radical (unpaired) electrons. The number of fused-ring (bicyclic) bond motifs is 1. The molecule has 11 heavy (non-hydrogen) atoms. The lowest BCUT2D eigenvalue weighted by molar-refractivity contribution is -0.138. The number of aromatic nitrogens is 1. The molecule has 0 spiro atoms. The second-order valence-corrected chi connectivity index (χ2v) is 3.53. The van der Waals surface area contributed by atoms with Crippen LogP contribution in [0.15, 0.2) is 5.51 Å². The third kappa shape index (κ3) is 0.939. The van der Waals surface area contributed by atoms with Gasteiger partial charge in [0, 0.05) is 4.88 Å². The third-order valence-electron chi connectivity index (χ3n) is 1.96. The van der Waals surface area contributed by atoms with Crippen LogP contribution in [-0.2, 0) is 11.2 Å². The van der Waals surface area contributed by atoms with E-state index in [-0.39, 0.29) is 5.92 Å². The van der Waals surface area contributed by atoms with Crippen molar-refractivity contribution in [2.45, 2.75) is 18.8 Å². The van der Waals surface area contributed by atoms with Gasteiger partial charge in [-0.3, -0.25) is 4.79 Å². The van der Waals surface area contributed by atoms with E-state index in [4.69, 9.17) is 5.11 Å². The summed E-state index contributed by atoms with van der Waals surface area (Å²) in [5, 5.41) is 8.74. The fraction of sp³-hybridized carbons (Fsp3) is 0.429. The summed E-state index contributed by atoms with van der Waals surface area (Å²) in [5.41, 5.74) is 2.52. The molecule has 0 amide bonds. The molecule has 1 atom stereocenters. The van der Waals surface area contributed by atoms with Gasteiger partial charge in [-0.1, -0.05) is 0 Å². The third-order valence-corrected chi connectivity index (χ3v) is 2.87. The zero-order valence-electron chi connectivity index (χ0n) is 5.78. The Labute approximate surface area is 67.7 Å². The average molecular weight is 169 g/mol. The number of thiazole rings is 1. The van der Waals surface area contributed by atoms with Crippen LogP contribution in [0.3, 0.4) is 0 Å². The normalized spacial score (nSPS) is 21.6. The van der Waals surface area contributed by atoms with Crippen LogP contribution in [0.25, 0.3) is 0 Å². The van der Waals surface area contributed by atoms with E-state index in [2.05, 4.69) is 4.98 Å². The van der Waals surface area contributed by atoms with Gasteiger partial charge in [-0.25, -0.2) is 4.98 Å². The molecule has 1 aliphatic carbocycles. The molecule has 1 heterocycles. The van der Waals surface area contributed by atoms with Crippen molar-refractivity contribution in [3.8, 4) is 0 Å². The Kier molecular flexibility index (Phi) is 1.42. The number of carboxylic acids is 1. The number of rotatable bonds is 1. The maximum atomic E-state index is 10.6. The smallest absolute Gasteiger partial charge is 0.312 e. The Morgan fingerprint density at radius 1 is 1.82 bits per heavy atom. The quantitative estimate of drug-likeness (QED) is 0.688. The summed E-state index contributed by atoms with van der Waals surface area (Å²) in [6.07, 6.45) is 1.61. The van der Waals surface area contributed by atoms with Crippen molar-refractivity contribution in [3.05, 3.63) is 16.1 Å². The van der Waals surface area contributed by atoms with Crippen molar-refractivity contribution in [2.24, 2.45) is 0 Å². The molecule has 0 fully saturated rings. The number of hydrogen-bond acceptors (Lipinski definition) is 3. The number of aryl methyl sites for hydroxylation is 1. The molecule has 1 aromatic rings. The SMILES string of the molecule is O=C(O)[C@H]1CCc2scnc21. The molecule has 1 aliphatic rings. The molecular formula is C7H7NO2S. The molecule has 0 unspecified atom stereocenters. The Morgan fingerprint density at radius 2 is 2.64 bits per heavy atom. The molecule has 0 aliphatic heterocycles. The van der Waals surface area contributed by atoms with Crippen LogP contribution in [0.4, 0.5) is 0 Å². The van der Waals surface area contributed by atoms with E-state index in [0.717, 1.165) is 23.4 Å². The van der Waals surface area contributed by atoms with Crippen molar-refractivity contribution in [2.75, 3.05) is 0 Å². The molecule has 2 rings (SSSR count). The van der Waals surface area contributed by atoms with Crippen LogP contribution in [-0.4, -0.2) is 16.1 Å². The zero-order valence-corrected chi connectivity index (χ0v) is 6.60. The van der Waals surface area contributed by atoms with E-state index in [9.17, 15) is 4.79 Å². The summed E-state index contributed by atoms with van der Waals surface area (Å²) in [4.78, 5) is 15.8. The van der Waals surface area contributed by atoms with E-state index in [1.54, 1.807) is 16.8 Å². The first kappa shape index (κ1) is 6.79. The molecule has 0 bridgehead atoms. The first-order valence-electron chi connectivity index (χ1n) is 3.44. The fourth-order valence-corrected chi connectivity index (χ4v) is 2.25. The first-order chi connectivity index (χ1) is 5.29. The van der Waals surface area contributed by atoms with Crippen LogP contribution in [0.1, 0.15) is 22.9 Å². The van der Waals surface area contributed by atoms with Crippen molar-refractivity contribution >= 4 is 17.3 Å². The maximum Gasteiger partial charge on any atom is 0.312 e. The molecule has 3 nitrogen and oxygen atoms in total. The van der Waals surface area contributed by atoms with Crippen LogP contribution in [0, 0.1) is 0 Å². The summed E-state index contributed by atoms with van der Waals surface area (Å²) in [6.45, 7) is 0. The standard InChI is InChI=1S/C7H7NO2S/c9-7(10)4-1-2-5-6(4)8-3-11-5/h3-4H,1-2H2,(H,9,10)/t4-/m0/s1. The number of carbonyl (C=O) groups is 1. The lowest BCUT2D eigenvalue weighted by Gasteiger charge is -1.99. The number of carboxylic acid groups (broad SMARTS) is 1. The van der Waals surface area contributed by atoms with Gasteiger partial charge in [-0.05, 0) is 12.8 Å². The fourth-order valence-electron chi connectivity index (χ4n) is 1.40. The minimum Gasteiger partial charge on any atom is -0.481 e. The summed E-state index contributed by atoms with van der Waals surface area (Å²) >= 11 is 1.56. The molecule has 1 N–H and O–H groups in total. The van der Waals surface area contributed by atoms with Crippen molar-refractivity contribution < 1.29 is 9.90 Å². The average Bonchev–Trinajstić information content (AvgIpc) is 2.41. The lowest BCUT2D eigenvalue weighted by atomic mass is 10.1. The summed E-state index contributed by atoms with van der Waals surface area (Å²) in [7, 11) is 0. The number of aliphatic carboxylic acids is 1.